The van der Waals surface area contributed by atoms with Crippen LogP contribution in [0.25, 0.3) is 0 Å². The van der Waals surface area contributed by atoms with Gasteiger partial charge in [0.1, 0.15) is 0 Å². The molecule has 0 radical (unpaired) electrons. The quantitative estimate of drug-likeness (QED) is 0.694. The Hall–Kier alpha value is -1.63. The molecule has 0 unspecified atom stereocenters. The molecule has 0 aromatic carbocycles. The van der Waals surface area contributed by atoms with Gasteiger partial charge in [0.2, 0.25) is 17.7 Å². The molecule has 1 rings (SSSR count). The molecule has 1 aliphatic rings. The highest BCUT2D eigenvalue weighted by molar-refractivity contribution is 5.89. The van der Waals surface area contributed by atoms with Crippen LogP contribution in [0.4, 0.5) is 0 Å². The number of methoxy groups -OCH3 is 1. The molecule has 1 fully saturated rings. The number of hydrogen-bond acceptors (Lipinski definition) is 4. The second-order valence-electron chi connectivity index (χ2n) is 5.10. The zero-order chi connectivity index (χ0) is 15.1. The van der Waals surface area contributed by atoms with Crippen LogP contribution in [-0.4, -0.2) is 73.5 Å². The van der Waals surface area contributed by atoms with Crippen molar-refractivity contribution in [1.29, 1.82) is 0 Å². The Morgan fingerprint density at radius 3 is 2.60 bits per heavy atom. The standard InChI is InChI=1S/C13H23N3O4/c1-10(2)14-11(17)8-15-5-6-16(9-13(15)19)12(18)4-7-20-3/h10H,4-9H2,1-3H3,(H,14,17). The summed E-state index contributed by atoms with van der Waals surface area (Å²) in [6.07, 6.45) is 0.275. The first-order chi connectivity index (χ1) is 9.43. The van der Waals surface area contributed by atoms with Crippen molar-refractivity contribution in [3.63, 3.8) is 0 Å². The molecule has 0 aromatic rings. The van der Waals surface area contributed by atoms with Gasteiger partial charge in [-0.1, -0.05) is 0 Å². The molecule has 7 heteroatoms. The zero-order valence-electron chi connectivity index (χ0n) is 12.3. The number of carbonyl (C=O) groups is 3. The largest absolute Gasteiger partial charge is 0.384 e. The van der Waals surface area contributed by atoms with E-state index in [9.17, 15) is 14.4 Å². The van der Waals surface area contributed by atoms with Gasteiger partial charge in [-0.2, -0.15) is 0 Å². The Balaban J connectivity index is 2.41. The molecule has 1 saturated heterocycles. The van der Waals surface area contributed by atoms with Gasteiger partial charge in [-0.15, -0.1) is 0 Å². The lowest BCUT2D eigenvalue weighted by atomic mass is 10.2. The first-order valence-corrected chi connectivity index (χ1v) is 6.78. The Kier molecular flexibility index (Phi) is 6.44. The minimum Gasteiger partial charge on any atom is -0.384 e. The Morgan fingerprint density at radius 2 is 2.05 bits per heavy atom. The van der Waals surface area contributed by atoms with Gasteiger partial charge in [0, 0.05) is 26.2 Å². The average Bonchev–Trinajstić information content (AvgIpc) is 2.37. The van der Waals surface area contributed by atoms with Gasteiger partial charge in [0.25, 0.3) is 0 Å². The summed E-state index contributed by atoms with van der Waals surface area (Å²) in [6.45, 7) is 5.03. The van der Waals surface area contributed by atoms with E-state index in [1.807, 2.05) is 13.8 Å². The van der Waals surface area contributed by atoms with Gasteiger partial charge < -0.3 is 19.9 Å². The highest BCUT2D eigenvalue weighted by Gasteiger charge is 2.27. The summed E-state index contributed by atoms with van der Waals surface area (Å²) in [5.41, 5.74) is 0. The minimum atomic E-state index is -0.194. The fourth-order valence-corrected chi connectivity index (χ4v) is 1.98. The molecular weight excluding hydrogens is 262 g/mol. The molecule has 0 bridgehead atoms. The normalized spacial score (nSPS) is 15.7. The molecule has 0 saturated carbocycles. The maximum atomic E-state index is 11.9. The van der Waals surface area contributed by atoms with Crippen LogP contribution in [0.2, 0.25) is 0 Å². The Bertz CT molecular complexity index is 371. The van der Waals surface area contributed by atoms with Crippen molar-refractivity contribution in [2.24, 2.45) is 0 Å². The topological polar surface area (TPSA) is 79.0 Å². The van der Waals surface area contributed by atoms with Crippen LogP contribution in [0.3, 0.4) is 0 Å². The van der Waals surface area contributed by atoms with Gasteiger partial charge in [0.05, 0.1) is 26.1 Å². The van der Waals surface area contributed by atoms with Crippen LogP contribution in [-0.2, 0) is 19.1 Å². The summed E-state index contributed by atoms with van der Waals surface area (Å²) in [6, 6.07) is 0.0505. The van der Waals surface area contributed by atoms with Crippen LogP contribution in [0.1, 0.15) is 20.3 Å². The lowest BCUT2D eigenvalue weighted by Gasteiger charge is -2.34. The van der Waals surface area contributed by atoms with Crippen molar-refractivity contribution in [2.75, 3.05) is 39.9 Å². The number of nitrogens with one attached hydrogen (secondary N) is 1. The second kappa shape index (κ2) is 7.84. The van der Waals surface area contributed by atoms with Gasteiger partial charge in [-0.3, -0.25) is 14.4 Å². The smallest absolute Gasteiger partial charge is 0.242 e. The van der Waals surface area contributed by atoms with Crippen molar-refractivity contribution < 1.29 is 19.1 Å². The van der Waals surface area contributed by atoms with E-state index in [1.54, 1.807) is 0 Å². The summed E-state index contributed by atoms with van der Waals surface area (Å²) in [5.74, 6) is -0.458. The maximum absolute atomic E-state index is 11.9. The van der Waals surface area contributed by atoms with Gasteiger partial charge >= 0.3 is 0 Å². The van der Waals surface area contributed by atoms with Crippen LogP contribution in [0, 0.1) is 0 Å². The fraction of sp³-hybridized carbons (Fsp3) is 0.769. The lowest BCUT2D eigenvalue weighted by molar-refractivity contribution is -0.147. The highest BCUT2D eigenvalue weighted by Crippen LogP contribution is 2.05. The van der Waals surface area contributed by atoms with Gasteiger partial charge in [-0.05, 0) is 13.8 Å². The van der Waals surface area contributed by atoms with E-state index in [2.05, 4.69) is 5.32 Å². The number of carbonyl (C=O) groups excluding carboxylic acids is 3. The van der Waals surface area contributed by atoms with E-state index in [0.717, 1.165) is 0 Å². The monoisotopic (exact) mass is 285 g/mol. The lowest BCUT2D eigenvalue weighted by Crippen LogP contribution is -2.54. The first kappa shape index (κ1) is 16.4. The average molecular weight is 285 g/mol. The van der Waals surface area contributed by atoms with Crippen molar-refractivity contribution >= 4 is 17.7 Å². The molecule has 1 N–H and O–H groups in total. The summed E-state index contributed by atoms with van der Waals surface area (Å²) in [7, 11) is 1.53. The Morgan fingerprint density at radius 1 is 1.35 bits per heavy atom. The summed E-state index contributed by atoms with van der Waals surface area (Å²) < 4.78 is 4.85. The number of amides is 3. The molecule has 0 aromatic heterocycles. The van der Waals surface area contributed by atoms with Crippen molar-refractivity contribution in [2.45, 2.75) is 26.3 Å². The first-order valence-electron chi connectivity index (χ1n) is 6.78. The van der Waals surface area contributed by atoms with E-state index in [-0.39, 0.29) is 43.3 Å². The molecule has 0 aliphatic carbocycles. The summed E-state index contributed by atoms with van der Waals surface area (Å²) in [4.78, 5) is 38.3. The molecule has 1 heterocycles. The highest BCUT2D eigenvalue weighted by atomic mass is 16.5. The third kappa shape index (κ3) is 5.16. The molecule has 0 spiro atoms. The van der Waals surface area contributed by atoms with Gasteiger partial charge in [-0.25, -0.2) is 0 Å². The fourth-order valence-electron chi connectivity index (χ4n) is 1.98. The zero-order valence-corrected chi connectivity index (χ0v) is 12.3. The summed E-state index contributed by atoms with van der Waals surface area (Å²) in [5, 5.41) is 2.74. The summed E-state index contributed by atoms with van der Waals surface area (Å²) >= 11 is 0. The van der Waals surface area contributed by atoms with Crippen LogP contribution < -0.4 is 5.32 Å². The van der Waals surface area contributed by atoms with E-state index < -0.39 is 0 Å². The predicted octanol–water partition coefficient (Wildman–Crippen LogP) is -0.782. The number of hydrogen-bond donors (Lipinski definition) is 1. The molecule has 1 aliphatic heterocycles. The molecular formula is C13H23N3O4. The van der Waals surface area contributed by atoms with Crippen molar-refractivity contribution in [3.05, 3.63) is 0 Å². The molecule has 114 valence electrons. The SMILES string of the molecule is COCCC(=O)N1CCN(CC(=O)NC(C)C)C(=O)C1. The molecule has 7 nitrogen and oxygen atoms in total. The molecule has 20 heavy (non-hydrogen) atoms. The van der Waals surface area contributed by atoms with Gasteiger partial charge in [0.15, 0.2) is 0 Å². The third-order valence-electron chi connectivity index (χ3n) is 2.98. The second-order valence-corrected chi connectivity index (χ2v) is 5.10. The minimum absolute atomic E-state index is 0.0392. The predicted molar refractivity (Wildman–Crippen MR) is 72.9 cm³/mol. The maximum Gasteiger partial charge on any atom is 0.242 e. The molecule has 0 atom stereocenters. The van der Waals surface area contributed by atoms with Crippen LogP contribution >= 0.6 is 0 Å². The van der Waals surface area contributed by atoms with Crippen LogP contribution in [0.15, 0.2) is 0 Å². The van der Waals surface area contributed by atoms with E-state index >= 15 is 0 Å². The number of nitrogens with zero attached hydrogens (tertiary/aromatic N) is 2. The van der Waals surface area contributed by atoms with Crippen molar-refractivity contribution in [3.8, 4) is 0 Å². The number of piperazine rings is 1. The van der Waals surface area contributed by atoms with E-state index in [4.69, 9.17) is 4.74 Å². The van der Waals surface area contributed by atoms with E-state index in [1.165, 1.54) is 16.9 Å². The number of rotatable bonds is 6. The van der Waals surface area contributed by atoms with E-state index in [0.29, 0.717) is 19.7 Å². The van der Waals surface area contributed by atoms with Crippen molar-refractivity contribution in [1.82, 2.24) is 15.1 Å². The van der Waals surface area contributed by atoms with Crippen LogP contribution in [0.5, 0.6) is 0 Å². The number of ether oxygens (including phenoxy) is 1. The Labute approximate surface area is 119 Å². The molecule has 3 amide bonds. The third-order valence-corrected chi connectivity index (χ3v) is 2.98.